The summed E-state index contributed by atoms with van der Waals surface area (Å²) in [5, 5.41) is 46.3. The average Bonchev–Trinajstić information content (AvgIpc) is 3.33. The smallest absolute Gasteiger partial charge is 0.271 e. The Morgan fingerprint density at radius 2 is 0.800 bits per heavy atom. The first-order chi connectivity index (χ1) is 32.4. The third kappa shape index (κ3) is 22.1. The highest BCUT2D eigenvalue weighted by atomic mass is 16.2. The predicted octanol–water partition coefficient (Wildman–Crippen LogP) is 10.7. The van der Waals surface area contributed by atoms with E-state index in [1.165, 1.54) is 0 Å². The molecule has 0 aliphatic heterocycles. The summed E-state index contributed by atoms with van der Waals surface area (Å²) < 4.78 is 0. The van der Waals surface area contributed by atoms with Crippen molar-refractivity contribution in [2.24, 2.45) is 10.8 Å². The molecule has 0 aliphatic rings. The molecule has 4 N–H and O–H groups in total. The zero-order valence-electron chi connectivity index (χ0n) is 44.1. The molecule has 0 saturated carbocycles. The van der Waals surface area contributed by atoms with Crippen molar-refractivity contribution in [3.63, 3.8) is 0 Å². The molecule has 14 nitrogen and oxygen atoms in total. The molecule has 0 spiro atoms. The monoisotopic (exact) mass is 951 g/mol. The normalized spacial score (nSPS) is 11.1. The van der Waals surface area contributed by atoms with Gasteiger partial charge in [0.2, 0.25) is 0 Å². The van der Waals surface area contributed by atoms with Crippen molar-refractivity contribution in [3.05, 3.63) is 130 Å². The molecule has 0 unspecified atom stereocenters. The molecule has 4 amide bonds. The number of carbonyl (C=O) groups excluding carboxylic acids is 4. The highest BCUT2D eigenvalue weighted by Gasteiger charge is 2.23. The Labute approximate surface area is 417 Å². The molecule has 0 aliphatic carbocycles. The maximum absolute atomic E-state index is 12.0. The number of nitrogens with one attached hydrogen (secondary N) is 4. The van der Waals surface area contributed by atoms with Crippen LogP contribution in [0.5, 0.6) is 0 Å². The van der Waals surface area contributed by atoms with Crippen LogP contribution in [0.2, 0.25) is 0 Å². The third-order valence-corrected chi connectivity index (χ3v) is 10.2. The van der Waals surface area contributed by atoms with Gasteiger partial charge in [0.05, 0.1) is 35.1 Å². The number of hydrogen-bond donors (Lipinski definition) is 4. The van der Waals surface area contributed by atoms with Crippen LogP contribution in [0.15, 0.2) is 84.9 Å². The number of rotatable bonds is 14. The number of hydrogen-bond acceptors (Lipinski definition) is 10. The summed E-state index contributed by atoms with van der Waals surface area (Å²) in [6.45, 7) is 30.9. The lowest BCUT2D eigenvalue weighted by Crippen LogP contribution is -2.42. The molecule has 372 valence electrons. The Hall–Kier alpha value is -7.42. The van der Waals surface area contributed by atoms with Crippen molar-refractivity contribution in [3.8, 4) is 24.3 Å². The lowest BCUT2D eigenvalue weighted by molar-refractivity contribution is 0.0917. The summed E-state index contributed by atoms with van der Waals surface area (Å²) >= 11 is 0. The number of nitrogens with zero attached hydrogens (tertiary/aromatic N) is 6. The third-order valence-electron chi connectivity index (χ3n) is 10.2. The maximum Gasteiger partial charge on any atom is 0.271 e. The first kappa shape index (κ1) is 60.6. The molecule has 0 atom stereocenters. The van der Waals surface area contributed by atoms with E-state index in [1.54, 1.807) is 85.7 Å². The summed E-state index contributed by atoms with van der Waals surface area (Å²) in [4.78, 5) is 56.2. The van der Waals surface area contributed by atoms with Crippen LogP contribution in [0, 0.1) is 56.2 Å². The largest absolute Gasteiger partial charge is 0.350 e. The Kier molecular flexibility index (Phi) is 23.8. The van der Waals surface area contributed by atoms with Gasteiger partial charge in [-0.1, -0.05) is 91.8 Å². The van der Waals surface area contributed by atoms with E-state index in [0.717, 1.165) is 22.5 Å². The van der Waals surface area contributed by atoms with Gasteiger partial charge in [-0.15, -0.1) is 0 Å². The van der Waals surface area contributed by atoms with Gasteiger partial charge in [-0.05, 0) is 139 Å². The van der Waals surface area contributed by atoms with Gasteiger partial charge in [-0.25, -0.2) is 9.97 Å². The van der Waals surface area contributed by atoms with Gasteiger partial charge in [0.15, 0.2) is 0 Å². The van der Waals surface area contributed by atoms with Crippen molar-refractivity contribution in [1.29, 1.82) is 21.0 Å². The fourth-order valence-corrected chi connectivity index (χ4v) is 5.51. The second kappa shape index (κ2) is 27.5. The van der Waals surface area contributed by atoms with Gasteiger partial charge in [0.25, 0.3) is 23.6 Å². The van der Waals surface area contributed by atoms with Crippen LogP contribution in [0.1, 0.15) is 199 Å². The minimum atomic E-state index is -0.882. The molecule has 0 radical (unpaired) electrons. The fourth-order valence-electron chi connectivity index (χ4n) is 5.51. The van der Waals surface area contributed by atoms with Crippen LogP contribution in [0.4, 0.5) is 0 Å². The van der Waals surface area contributed by atoms with Crippen LogP contribution < -0.4 is 21.3 Å². The van der Waals surface area contributed by atoms with Crippen molar-refractivity contribution >= 4 is 23.6 Å². The maximum atomic E-state index is 12.0. The Morgan fingerprint density at radius 1 is 0.457 bits per heavy atom. The molecule has 0 bridgehead atoms. The average molecular weight is 951 g/mol. The van der Waals surface area contributed by atoms with E-state index in [0.29, 0.717) is 47.4 Å². The fraction of sp³-hybridized carbons (Fsp3) is 0.464. The summed E-state index contributed by atoms with van der Waals surface area (Å²) in [5.41, 5.74) is 3.18. The molecule has 2 heterocycles. The summed E-state index contributed by atoms with van der Waals surface area (Å²) in [5.74, 6) is 0.444. The van der Waals surface area contributed by atoms with Gasteiger partial charge < -0.3 is 21.3 Å². The number of nitriles is 4. The summed E-state index contributed by atoms with van der Waals surface area (Å²) in [7, 11) is 0. The van der Waals surface area contributed by atoms with Crippen molar-refractivity contribution in [2.45, 2.75) is 146 Å². The number of aromatic nitrogens is 2. The quantitative estimate of drug-likeness (QED) is 0.0932. The number of carbonyl (C=O) groups is 4. The molecule has 2 aromatic carbocycles. The molecular weight excluding hydrogens is 877 g/mol. The molecule has 0 saturated heterocycles. The van der Waals surface area contributed by atoms with Crippen LogP contribution in [0.3, 0.4) is 0 Å². The lowest BCUT2D eigenvalue weighted by Gasteiger charge is -2.18. The SMILES string of the molecule is CC(C)c1cccc(C(=O)NC(C)(C)C#N)c1.CC(C)c1cccc(C(=O)NC(C)(C)C#N)n1.CC(C)c1cccc(C(=O)NCC(C)(C)C#N)c1.CC(C)c1cccc(C(=O)NCC(C)(C)C#N)n1. The summed E-state index contributed by atoms with van der Waals surface area (Å²) in [6, 6.07) is 34.2. The topological polar surface area (TPSA) is 237 Å². The minimum Gasteiger partial charge on any atom is -0.350 e. The molecule has 2 aromatic heterocycles. The van der Waals surface area contributed by atoms with Gasteiger partial charge in [-0.3, -0.25) is 19.2 Å². The highest BCUT2D eigenvalue weighted by Crippen LogP contribution is 2.19. The molecule has 4 aromatic rings. The second-order valence-corrected chi connectivity index (χ2v) is 20.5. The van der Waals surface area contributed by atoms with E-state index < -0.39 is 21.9 Å². The lowest BCUT2D eigenvalue weighted by atomic mass is 9.95. The van der Waals surface area contributed by atoms with Gasteiger partial charge in [-0.2, -0.15) is 21.0 Å². The number of benzene rings is 2. The Morgan fingerprint density at radius 3 is 1.16 bits per heavy atom. The van der Waals surface area contributed by atoms with Crippen molar-refractivity contribution < 1.29 is 19.2 Å². The zero-order chi connectivity index (χ0) is 53.6. The molecule has 0 fully saturated rings. The molecule has 4 rings (SSSR count). The van der Waals surface area contributed by atoms with Gasteiger partial charge in [0, 0.05) is 35.6 Å². The van der Waals surface area contributed by atoms with Crippen molar-refractivity contribution in [2.75, 3.05) is 13.1 Å². The predicted molar refractivity (Wildman–Crippen MR) is 275 cm³/mol. The first-order valence-electron chi connectivity index (χ1n) is 23.4. The number of amides is 4. The second-order valence-electron chi connectivity index (χ2n) is 20.5. The number of pyridine rings is 2. The molecular formula is C56H74N10O4. The molecule has 14 heteroatoms. The van der Waals surface area contributed by atoms with Gasteiger partial charge >= 0.3 is 0 Å². The van der Waals surface area contributed by atoms with E-state index in [1.807, 2.05) is 94.4 Å². The molecule has 70 heavy (non-hydrogen) atoms. The Balaban J connectivity index is 0.000000467. The standard InChI is InChI=1S/C15H20N2O.C14H19N3O.C14H18N2O.C13H17N3O/c1-11(2)12-6-5-7-13(8-12)14(18)17-10-15(3,4)9-16;1-10(2)11-6-5-7-12(17-11)13(18)16-9-14(3,4)8-15;1-10(2)11-6-5-7-12(8-11)13(17)16-14(3,4)9-15;1-9(2)10-6-5-7-11(15-10)12(17)16-13(3,4)8-14/h5-8,11H,10H2,1-4H3,(H,17,18);5-7,10H,9H2,1-4H3,(H,16,18);5-8,10H,1-4H3,(H,16,17);5-7,9H,1-4H3,(H,16,17). The summed E-state index contributed by atoms with van der Waals surface area (Å²) in [6.07, 6.45) is 0. The van der Waals surface area contributed by atoms with E-state index in [4.69, 9.17) is 21.0 Å². The van der Waals surface area contributed by atoms with E-state index in [-0.39, 0.29) is 35.5 Å². The van der Waals surface area contributed by atoms with Crippen LogP contribution in [0.25, 0.3) is 0 Å². The van der Waals surface area contributed by atoms with Crippen molar-refractivity contribution in [1.82, 2.24) is 31.2 Å². The van der Waals surface area contributed by atoms with Crippen LogP contribution >= 0.6 is 0 Å². The van der Waals surface area contributed by atoms with Crippen LogP contribution in [-0.2, 0) is 0 Å². The van der Waals surface area contributed by atoms with E-state index >= 15 is 0 Å². The van der Waals surface area contributed by atoms with Crippen LogP contribution in [-0.4, -0.2) is 57.8 Å². The highest BCUT2D eigenvalue weighted by molar-refractivity contribution is 5.95. The van der Waals surface area contributed by atoms with E-state index in [9.17, 15) is 19.2 Å². The first-order valence-corrected chi connectivity index (χ1v) is 23.4. The van der Waals surface area contributed by atoms with Gasteiger partial charge in [0.1, 0.15) is 22.5 Å². The minimum absolute atomic E-state index is 0.124. The zero-order valence-corrected chi connectivity index (χ0v) is 44.1. The van der Waals surface area contributed by atoms with E-state index in [2.05, 4.69) is 71.1 Å². The Bertz CT molecular complexity index is 2390.